The van der Waals surface area contributed by atoms with Gasteiger partial charge in [0, 0.05) is 77.3 Å². The third-order valence-electron chi connectivity index (χ3n) is 36.8. The summed E-state index contributed by atoms with van der Waals surface area (Å²) in [6.07, 6.45) is 32.8. The fourth-order valence-corrected chi connectivity index (χ4v) is 33.1. The van der Waals surface area contributed by atoms with E-state index in [-0.39, 0.29) is 21.7 Å². The second-order valence-electron chi connectivity index (χ2n) is 44.8. The molecule has 16 aliphatic carbocycles. The summed E-state index contributed by atoms with van der Waals surface area (Å²) in [5.74, 6) is 9.94. The van der Waals surface area contributed by atoms with Crippen molar-refractivity contribution in [2.75, 3.05) is 19.6 Å². The van der Waals surface area contributed by atoms with Gasteiger partial charge in [-0.15, -0.1) is 0 Å². The van der Waals surface area contributed by atoms with Crippen LogP contribution in [0.1, 0.15) is 176 Å². The van der Waals surface area contributed by atoms with Gasteiger partial charge in [-0.25, -0.2) is 0 Å². The molecular weight excluding hydrogens is 1590 g/mol. The van der Waals surface area contributed by atoms with Crippen LogP contribution in [0.25, 0.3) is 76.8 Å². The molecule has 0 heterocycles. The fourth-order valence-electron chi connectivity index (χ4n) is 33.1. The summed E-state index contributed by atoms with van der Waals surface area (Å²) in [4.78, 5) is 10.9. The van der Waals surface area contributed by atoms with Crippen LogP contribution in [0.5, 0.6) is 0 Å². The molecule has 16 aliphatic rings. The van der Waals surface area contributed by atoms with E-state index >= 15 is 0 Å². The van der Waals surface area contributed by atoms with E-state index in [0.29, 0.717) is 0 Å². The van der Waals surface area contributed by atoms with Crippen molar-refractivity contribution in [1.29, 1.82) is 0 Å². The Bertz CT molecular complexity index is 6110. The van der Waals surface area contributed by atoms with Crippen LogP contribution in [0.3, 0.4) is 0 Å². The molecule has 16 aromatic carbocycles. The molecule has 16 bridgehead atoms. The van der Waals surface area contributed by atoms with Gasteiger partial charge in [-0.2, -0.15) is 0 Å². The topological polar surface area (TPSA) is 13.0 Å². The third-order valence-corrected chi connectivity index (χ3v) is 36.8. The first-order valence-electron chi connectivity index (χ1n) is 51.1. The molecule has 4 nitrogen and oxygen atoms in total. The Morgan fingerprint density at radius 2 is 0.326 bits per heavy atom. The first-order valence-corrected chi connectivity index (χ1v) is 51.1. The van der Waals surface area contributed by atoms with Gasteiger partial charge >= 0.3 is 0 Å². The highest BCUT2D eigenvalue weighted by atomic mass is 15.2. The largest absolute Gasteiger partial charge is 0.309 e. The summed E-state index contributed by atoms with van der Waals surface area (Å²) in [5, 5.41) is 7.27. The van der Waals surface area contributed by atoms with Gasteiger partial charge in [-0.1, -0.05) is 267 Å². The minimum atomic E-state index is 0.214. The van der Waals surface area contributed by atoms with Crippen LogP contribution in [0, 0.1) is 71.0 Å². The first-order chi connectivity index (χ1) is 65.1. The van der Waals surface area contributed by atoms with Crippen LogP contribution in [0.4, 0.5) is 68.2 Å². The molecule has 0 radical (unpaired) electrons. The van der Waals surface area contributed by atoms with E-state index in [1.165, 1.54) is 231 Å². The molecule has 0 unspecified atom stereocenters. The summed E-state index contributed by atoms with van der Waals surface area (Å²) in [6.45, 7) is 0. The fraction of sp³-hybridized carbons (Fsp3) is 0.312. The molecule has 16 saturated carbocycles. The predicted octanol–water partition coefficient (Wildman–Crippen LogP) is 35.0. The van der Waals surface area contributed by atoms with Crippen LogP contribution in [-0.2, 0) is 21.7 Å². The monoisotopic (exact) mass is 1710 g/mol. The van der Waals surface area contributed by atoms with E-state index in [1.54, 1.807) is 22.3 Å². The van der Waals surface area contributed by atoms with Crippen molar-refractivity contribution >= 4 is 101 Å². The highest BCUT2D eigenvalue weighted by Crippen LogP contribution is 2.68. The lowest BCUT2D eigenvalue weighted by Gasteiger charge is -2.57. The number of rotatable bonds is 20. The van der Waals surface area contributed by atoms with Gasteiger partial charge in [0.05, 0.1) is 45.5 Å². The molecule has 0 spiro atoms. The smallest absolute Gasteiger partial charge is 0.0561 e. The third kappa shape index (κ3) is 12.8. The molecule has 0 saturated heterocycles. The van der Waals surface area contributed by atoms with Gasteiger partial charge in [0.25, 0.3) is 0 Å². The van der Waals surface area contributed by atoms with Gasteiger partial charge in [0.2, 0.25) is 0 Å². The Labute approximate surface area is 780 Å². The molecule has 32 rings (SSSR count). The van der Waals surface area contributed by atoms with Crippen LogP contribution >= 0.6 is 0 Å². The van der Waals surface area contributed by atoms with Crippen molar-refractivity contribution in [3.05, 3.63) is 374 Å². The first kappa shape index (κ1) is 78.4. The van der Waals surface area contributed by atoms with Crippen molar-refractivity contribution in [2.45, 2.75) is 176 Å². The lowest BCUT2D eigenvalue weighted by molar-refractivity contribution is -0.00530. The highest BCUT2D eigenvalue weighted by Gasteiger charge is 2.56. The zero-order valence-corrected chi connectivity index (χ0v) is 76.2. The maximum atomic E-state index is 2.72. The minimum absolute atomic E-state index is 0.214. The molecule has 0 amide bonds. The van der Waals surface area contributed by atoms with Crippen LogP contribution < -0.4 is 19.6 Å². The average molecular weight is 1710 g/mol. The maximum Gasteiger partial charge on any atom is 0.0561 e. The van der Waals surface area contributed by atoms with Crippen molar-refractivity contribution < 1.29 is 0 Å². The van der Waals surface area contributed by atoms with Crippen LogP contribution in [-0.4, -0.2) is 0 Å². The second kappa shape index (κ2) is 30.7. The Hall–Kier alpha value is -12.2. The van der Waals surface area contributed by atoms with Gasteiger partial charge in [-0.3, -0.25) is 0 Å². The number of hydrogen-bond donors (Lipinski definition) is 0. The Balaban J connectivity index is 0.761. The zero-order valence-electron chi connectivity index (χ0n) is 76.2. The van der Waals surface area contributed by atoms with Gasteiger partial charge in [0.1, 0.15) is 0 Å². The summed E-state index contributed by atoms with van der Waals surface area (Å²) < 4.78 is 0. The van der Waals surface area contributed by atoms with Crippen molar-refractivity contribution in [3.8, 4) is 44.5 Å². The predicted molar refractivity (Wildman–Crippen MR) is 550 cm³/mol. The number of hydrogen-bond acceptors (Lipinski definition) is 4. The molecular formula is C128H118N4. The van der Waals surface area contributed by atoms with Gasteiger partial charge < -0.3 is 19.6 Å². The minimum Gasteiger partial charge on any atom is -0.309 e. The molecule has 4 heteroatoms. The van der Waals surface area contributed by atoms with Gasteiger partial charge in [-0.05, 0) is 376 Å². The number of anilines is 12. The second-order valence-corrected chi connectivity index (χ2v) is 44.8. The summed E-state index contributed by atoms with van der Waals surface area (Å²) >= 11 is 0. The van der Waals surface area contributed by atoms with E-state index in [2.05, 4.69) is 371 Å². The zero-order chi connectivity index (χ0) is 86.5. The van der Waals surface area contributed by atoms with E-state index < -0.39 is 0 Å². The van der Waals surface area contributed by atoms with Crippen LogP contribution in [0.15, 0.2) is 352 Å². The van der Waals surface area contributed by atoms with Crippen molar-refractivity contribution in [3.63, 3.8) is 0 Å². The SMILES string of the molecule is c1ccc(-c2ccccc2N(c2ccc(C34CC5CC(CC(C5)C3)C4)cc2)c2cc(N(c3ccc(C45CC6CC(CC(C6)C4)C5)cc3)c3ccccc3-c3ccccc3)c3ccc4c(N(c5ccc(C67CC8CC(CC(C8)C6)C7)cc5)c5ccccc5-c5ccccc5)cc(N(c5ccc(C67CC8CC(CC(C8)C6)C7)cc5)c5ccccc5-c5ccccc5)c5ccc2c3c54)cc1. The Kier molecular flexibility index (Phi) is 18.2. The normalized spacial score (nSPS) is 28.2. The van der Waals surface area contributed by atoms with Crippen molar-refractivity contribution in [2.24, 2.45) is 71.0 Å². The molecule has 0 aliphatic heterocycles. The molecule has 650 valence electrons. The molecule has 16 fully saturated rings. The average Bonchev–Trinajstić information content (AvgIpc) is 0.695. The summed E-state index contributed by atoms with van der Waals surface area (Å²) in [7, 11) is 0. The highest BCUT2D eigenvalue weighted by molar-refractivity contribution is 6.33. The molecule has 132 heavy (non-hydrogen) atoms. The van der Waals surface area contributed by atoms with E-state index in [4.69, 9.17) is 0 Å². The van der Waals surface area contributed by atoms with Crippen LogP contribution in [0.2, 0.25) is 0 Å². The number of benzene rings is 16. The number of para-hydroxylation sites is 4. The standard InChI is InChI=1S/C128H118N4/c1-5-21-95(22-6-1)107-29-13-17-33-115(107)129(103-45-37-99(38-46-103)125-71-83-57-84(72-125)59-85(58-83)73-125)119-69-120(130(116-34-18-14-30-108(116)96-23-7-2-8-24-96)104-47-39-100(40-48-104)126-74-86-60-87(75-126)62-88(61-86)76-126)112-55-56-114-122(132(118-36-20-16-32-110(118)98-27-11-4-12-28-98)106-51-43-102(44-52-106)128-80-92-66-93(81-128)68-94(67-92)82-128)70-121(113-54-53-111(119)123(112)124(113)114)131(117-35-19-15-31-109(117)97-25-9-3-10-26-97)105-49-41-101(42-50-105)127-77-89-63-90(78-127)65-91(64-89)79-127/h1-56,69-70,83-94H,57-68,71-82H2. The number of nitrogens with zero attached hydrogens (tertiary/aromatic N) is 4. The van der Waals surface area contributed by atoms with E-state index in [1.807, 2.05) is 0 Å². The lowest BCUT2D eigenvalue weighted by atomic mass is 9.48. The lowest BCUT2D eigenvalue weighted by Crippen LogP contribution is -2.48. The molecule has 0 aromatic heterocycles. The summed E-state index contributed by atoms with van der Waals surface area (Å²) in [6, 6.07) is 140. The molecule has 0 atom stereocenters. The molecule has 16 aromatic rings. The quantitative estimate of drug-likeness (QED) is 0.0705. The van der Waals surface area contributed by atoms with Crippen molar-refractivity contribution in [1.82, 2.24) is 0 Å². The van der Waals surface area contributed by atoms with E-state index in [9.17, 15) is 0 Å². The maximum absolute atomic E-state index is 2.72. The van der Waals surface area contributed by atoms with E-state index in [0.717, 1.165) is 139 Å². The Morgan fingerprint density at radius 3 is 0.508 bits per heavy atom. The summed E-state index contributed by atoms with van der Waals surface area (Å²) in [5.41, 5.74) is 30.3. The Morgan fingerprint density at radius 1 is 0.159 bits per heavy atom. The van der Waals surface area contributed by atoms with Gasteiger partial charge in [0.15, 0.2) is 0 Å². The molecule has 0 N–H and O–H groups in total.